The Labute approximate surface area is 88.0 Å². The molecule has 1 rings (SSSR count). The molecule has 0 aliphatic carbocycles. The molecule has 78 valence electrons. The summed E-state index contributed by atoms with van der Waals surface area (Å²) in [5.74, 6) is 0. The summed E-state index contributed by atoms with van der Waals surface area (Å²) in [7, 11) is -0.994. The van der Waals surface area contributed by atoms with Gasteiger partial charge in [0.25, 0.3) is 0 Å². The number of aryl methyl sites for hydroxylation is 1. The van der Waals surface area contributed by atoms with Gasteiger partial charge in [0, 0.05) is 10.9 Å². The molecule has 2 N–H and O–H groups in total. The van der Waals surface area contributed by atoms with E-state index in [2.05, 4.69) is 0 Å². The molecule has 0 aromatic heterocycles. The molecule has 1 aromatic rings. The van der Waals surface area contributed by atoms with Crippen LogP contribution in [0.15, 0.2) is 29.2 Å². The second-order valence-corrected chi connectivity index (χ2v) is 5.49. The van der Waals surface area contributed by atoms with E-state index in [1.54, 1.807) is 0 Å². The summed E-state index contributed by atoms with van der Waals surface area (Å²) in [5.41, 5.74) is 6.85. The largest absolute Gasteiger partial charge is 0.327 e. The molecule has 0 spiro atoms. The van der Waals surface area contributed by atoms with Crippen LogP contribution >= 0.6 is 0 Å². The third kappa shape index (κ3) is 2.66. The average molecular weight is 211 g/mol. The third-order valence-electron chi connectivity index (χ3n) is 2.30. The number of hydrogen-bond donors (Lipinski definition) is 1. The fourth-order valence-corrected chi connectivity index (χ4v) is 2.48. The van der Waals surface area contributed by atoms with Gasteiger partial charge in [0.2, 0.25) is 0 Å². The zero-order chi connectivity index (χ0) is 10.7. The summed E-state index contributed by atoms with van der Waals surface area (Å²) < 4.78 is 12.0. The van der Waals surface area contributed by atoms with Crippen molar-refractivity contribution in [1.29, 1.82) is 0 Å². The van der Waals surface area contributed by atoms with Crippen molar-refractivity contribution >= 4 is 10.8 Å². The zero-order valence-electron chi connectivity index (χ0n) is 8.86. The Bertz CT molecular complexity index is 336. The van der Waals surface area contributed by atoms with Crippen LogP contribution in [0.25, 0.3) is 0 Å². The third-order valence-corrected chi connectivity index (χ3v) is 4.12. The van der Waals surface area contributed by atoms with Crippen molar-refractivity contribution in [2.45, 2.75) is 37.0 Å². The smallest absolute Gasteiger partial charge is 0.0573 e. The average Bonchev–Trinajstić information content (AvgIpc) is 2.15. The fraction of sp³-hybridized carbons (Fsp3) is 0.455. The van der Waals surface area contributed by atoms with Gasteiger partial charge in [-0.15, -0.1) is 0 Å². The van der Waals surface area contributed by atoms with Crippen LogP contribution < -0.4 is 5.73 Å². The van der Waals surface area contributed by atoms with Crippen molar-refractivity contribution in [3.05, 3.63) is 29.8 Å². The summed E-state index contributed by atoms with van der Waals surface area (Å²) in [5, 5.41) is -0.00296. The highest BCUT2D eigenvalue weighted by Crippen LogP contribution is 2.14. The highest BCUT2D eigenvalue weighted by molar-refractivity contribution is 7.85. The highest BCUT2D eigenvalue weighted by atomic mass is 32.2. The van der Waals surface area contributed by atoms with E-state index in [9.17, 15) is 4.21 Å². The normalized spacial score (nSPS) is 17.4. The lowest BCUT2D eigenvalue weighted by Gasteiger charge is -2.15. The Morgan fingerprint density at radius 3 is 2.50 bits per heavy atom. The van der Waals surface area contributed by atoms with Gasteiger partial charge in [0.1, 0.15) is 0 Å². The second kappa shape index (κ2) is 4.71. The standard InChI is InChI=1S/C11H17NOS/c1-8-5-4-6-11(7-8)14(13)10(3)9(2)12/h4-7,9-10H,12H2,1-3H3. The van der Waals surface area contributed by atoms with Crippen LogP contribution in [0.3, 0.4) is 0 Å². The molecule has 2 nitrogen and oxygen atoms in total. The summed E-state index contributed by atoms with van der Waals surface area (Å²) in [6.45, 7) is 5.80. The molecule has 0 bridgehead atoms. The maximum Gasteiger partial charge on any atom is 0.0573 e. The number of benzene rings is 1. The number of hydrogen-bond acceptors (Lipinski definition) is 2. The van der Waals surface area contributed by atoms with Crippen molar-refractivity contribution < 1.29 is 4.21 Å². The first-order valence-electron chi connectivity index (χ1n) is 4.75. The first-order chi connectivity index (χ1) is 6.52. The molecule has 0 aliphatic rings. The summed E-state index contributed by atoms with van der Waals surface area (Å²) >= 11 is 0. The fourth-order valence-electron chi connectivity index (χ4n) is 1.15. The van der Waals surface area contributed by atoms with Gasteiger partial charge in [-0.05, 0) is 38.5 Å². The summed E-state index contributed by atoms with van der Waals surface area (Å²) in [4.78, 5) is 0.870. The molecule has 3 heteroatoms. The minimum Gasteiger partial charge on any atom is -0.327 e. The van der Waals surface area contributed by atoms with E-state index >= 15 is 0 Å². The van der Waals surface area contributed by atoms with Crippen LogP contribution in [-0.4, -0.2) is 15.5 Å². The van der Waals surface area contributed by atoms with Gasteiger partial charge in [-0.3, -0.25) is 4.21 Å². The predicted octanol–water partition coefficient (Wildman–Crippen LogP) is 1.84. The van der Waals surface area contributed by atoms with Gasteiger partial charge in [-0.2, -0.15) is 0 Å². The van der Waals surface area contributed by atoms with Gasteiger partial charge in [0.05, 0.1) is 16.0 Å². The van der Waals surface area contributed by atoms with Crippen molar-refractivity contribution in [3.63, 3.8) is 0 Å². The maximum atomic E-state index is 12.0. The van der Waals surface area contributed by atoms with Crippen molar-refractivity contribution in [3.8, 4) is 0 Å². The minimum atomic E-state index is -0.994. The Kier molecular flexibility index (Phi) is 3.84. The molecule has 0 aliphatic heterocycles. The van der Waals surface area contributed by atoms with Crippen LogP contribution in [-0.2, 0) is 10.8 Å². The number of nitrogens with two attached hydrogens (primary N) is 1. The topological polar surface area (TPSA) is 43.1 Å². The molecule has 14 heavy (non-hydrogen) atoms. The molecular formula is C11H17NOS. The van der Waals surface area contributed by atoms with E-state index in [1.807, 2.05) is 45.0 Å². The first-order valence-corrected chi connectivity index (χ1v) is 5.96. The van der Waals surface area contributed by atoms with E-state index in [4.69, 9.17) is 5.73 Å². The summed E-state index contributed by atoms with van der Waals surface area (Å²) in [6.07, 6.45) is 0. The Morgan fingerprint density at radius 1 is 1.36 bits per heavy atom. The van der Waals surface area contributed by atoms with Crippen LogP contribution in [0, 0.1) is 6.92 Å². The molecule has 0 heterocycles. The molecule has 0 radical (unpaired) electrons. The van der Waals surface area contributed by atoms with Gasteiger partial charge in [-0.25, -0.2) is 0 Å². The first kappa shape index (κ1) is 11.4. The van der Waals surface area contributed by atoms with Gasteiger partial charge in [0.15, 0.2) is 0 Å². The van der Waals surface area contributed by atoms with Gasteiger partial charge >= 0.3 is 0 Å². The maximum absolute atomic E-state index is 12.0. The van der Waals surface area contributed by atoms with Crippen LogP contribution in [0.5, 0.6) is 0 Å². The molecule has 3 unspecified atom stereocenters. The zero-order valence-corrected chi connectivity index (χ0v) is 9.67. The van der Waals surface area contributed by atoms with E-state index in [1.165, 1.54) is 0 Å². The van der Waals surface area contributed by atoms with Crippen LogP contribution in [0.1, 0.15) is 19.4 Å². The second-order valence-electron chi connectivity index (χ2n) is 3.68. The molecule has 0 saturated heterocycles. The van der Waals surface area contributed by atoms with Crippen molar-refractivity contribution in [2.24, 2.45) is 5.73 Å². The summed E-state index contributed by atoms with van der Waals surface area (Å²) in [6, 6.07) is 7.72. The van der Waals surface area contributed by atoms with E-state index in [0.29, 0.717) is 0 Å². The van der Waals surface area contributed by atoms with E-state index in [-0.39, 0.29) is 11.3 Å². The molecule has 0 fully saturated rings. The van der Waals surface area contributed by atoms with Gasteiger partial charge in [-0.1, -0.05) is 12.1 Å². The number of rotatable bonds is 3. The molecule has 1 aromatic carbocycles. The minimum absolute atomic E-state index is 0.00296. The SMILES string of the molecule is Cc1cccc(S(=O)C(C)C(C)N)c1. The lowest BCUT2D eigenvalue weighted by molar-refractivity contribution is 0.649. The van der Waals surface area contributed by atoms with Crippen LogP contribution in [0.4, 0.5) is 0 Å². The van der Waals surface area contributed by atoms with Crippen molar-refractivity contribution in [1.82, 2.24) is 0 Å². The Morgan fingerprint density at radius 2 is 2.00 bits per heavy atom. The molecular weight excluding hydrogens is 194 g/mol. The molecule has 3 atom stereocenters. The Hall–Kier alpha value is -0.670. The lowest BCUT2D eigenvalue weighted by Crippen LogP contribution is -2.32. The monoisotopic (exact) mass is 211 g/mol. The van der Waals surface area contributed by atoms with E-state index < -0.39 is 10.8 Å². The van der Waals surface area contributed by atoms with E-state index in [0.717, 1.165) is 10.5 Å². The van der Waals surface area contributed by atoms with Crippen LogP contribution in [0.2, 0.25) is 0 Å². The van der Waals surface area contributed by atoms with Gasteiger partial charge < -0.3 is 5.73 Å². The Balaban J connectivity index is 2.89. The molecule has 0 amide bonds. The van der Waals surface area contributed by atoms with Crippen molar-refractivity contribution in [2.75, 3.05) is 0 Å². The quantitative estimate of drug-likeness (QED) is 0.829. The molecule has 0 saturated carbocycles. The lowest BCUT2D eigenvalue weighted by atomic mass is 10.2. The highest BCUT2D eigenvalue weighted by Gasteiger charge is 2.16. The predicted molar refractivity (Wildman–Crippen MR) is 60.7 cm³/mol.